The molecule has 1 aromatic rings. The summed E-state index contributed by atoms with van der Waals surface area (Å²) in [7, 11) is 1.58. The highest BCUT2D eigenvalue weighted by atomic mass is 127. The zero-order chi connectivity index (χ0) is 12.7. The van der Waals surface area contributed by atoms with Crippen molar-refractivity contribution in [1.29, 1.82) is 0 Å². The van der Waals surface area contributed by atoms with E-state index in [-0.39, 0.29) is 24.0 Å². The van der Waals surface area contributed by atoms with Crippen molar-refractivity contribution in [3.63, 3.8) is 0 Å². The van der Waals surface area contributed by atoms with Crippen LogP contribution in [0.1, 0.15) is 12.5 Å². The second-order valence-electron chi connectivity index (χ2n) is 3.72. The molecule has 0 amide bonds. The van der Waals surface area contributed by atoms with E-state index in [1.807, 2.05) is 19.1 Å². The van der Waals surface area contributed by atoms with Gasteiger partial charge in [-0.3, -0.25) is 0 Å². The first kappa shape index (κ1) is 16.7. The SMILES string of the molecule is C=C(C)CNC(N)=NCc1ccnc(OC)c1.I. The molecule has 1 heterocycles. The molecule has 1 aromatic heterocycles. The number of rotatable bonds is 5. The second-order valence-corrected chi connectivity index (χ2v) is 3.72. The summed E-state index contributed by atoms with van der Waals surface area (Å²) >= 11 is 0. The monoisotopic (exact) mass is 362 g/mol. The number of aromatic nitrogens is 1. The Morgan fingerprint density at radius 3 is 2.94 bits per heavy atom. The third kappa shape index (κ3) is 6.43. The van der Waals surface area contributed by atoms with Gasteiger partial charge in [0.1, 0.15) is 0 Å². The summed E-state index contributed by atoms with van der Waals surface area (Å²) < 4.78 is 5.02. The van der Waals surface area contributed by atoms with Crippen LogP contribution in [0.25, 0.3) is 0 Å². The van der Waals surface area contributed by atoms with Crippen molar-refractivity contribution < 1.29 is 4.74 Å². The summed E-state index contributed by atoms with van der Waals surface area (Å²) in [6.45, 7) is 6.82. The zero-order valence-corrected chi connectivity index (χ0v) is 13.0. The van der Waals surface area contributed by atoms with Crippen molar-refractivity contribution in [3.05, 3.63) is 36.0 Å². The summed E-state index contributed by atoms with van der Waals surface area (Å²) in [6, 6.07) is 3.70. The summed E-state index contributed by atoms with van der Waals surface area (Å²) in [6.07, 6.45) is 1.68. The molecule has 0 atom stereocenters. The van der Waals surface area contributed by atoms with E-state index in [9.17, 15) is 0 Å². The summed E-state index contributed by atoms with van der Waals surface area (Å²) in [5.74, 6) is 0.981. The molecule has 0 aliphatic heterocycles. The Hall–Kier alpha value is -1.31. The molecular weight excluding hydrogens is 343 g/mol. The number of nitrogens with zero attached hydrogens (tertiary/aromatic N) is 2. The maximum absolute atomic E-state index is 5.69. The number of aliphatic imine (C=N–C) groups is 1. The molecule has 0 aromatic carbocycles. The summed E-state index contributed by atoms with van der Waals surface area (Å²) in [5.41, 5.74) is 7.70. The highest BCUT2D eigenvalue weighted by molar-refractivity contribution is 14.0. The molecule has 6 heteroatoms. The Kier molecular flexibility index (Phi) is 8.10. The Labute approximate surface area is 125 Å². The number of nitrogens with two attached hydrogens (primary N) is 1. The van der Waals surface area contributed by atoms with E-state index in [2.05, 4.69) is 21.9 Å². The van der Waals surface area contributed by atoms with Crippen molar-refractivity contribution in [2.24, 2.45) is 10.7 Å². The van der Waals surface area contributed by atoms with E-state index in [1.54, 1.807) is 13.3 Å². The van der Waals surface area contributed by atoms with Gasteiger partial charge in [-0.05, 0) is 18.6 Å². The fraction of sp³-hybridized carbons (Fsp3) is 0.333. The fourth-order valence-corrected chi connectivity index (χ4v) is 1.13. The van der Waals surface area contributed by atoms with Crippen LogP contribution in [-0.2, 0) is 6.54 Å². The summed E-state index contributed by atoms with van der Waals surface area (Å²) in [4.78, 5) is 8.22. The first-order valence-electron chi connectivity index (χ1n) is 5.29. The van der Waals surface area contributed by atoms with Gasteiger partial charge in [0.2, 0.25) is 5.88 Å². The molecule has 0 fully saturated rings. The van der Waals surface area contributed by atoms with Gasteiger partial charge in [-0.25, -0.2) is 9.98 Å². The number of methoxy groups -OCH3 is 1. The minimum Gasteiger partial charge on any atom is -0.481 e. The molecule has 1 rings (SSSR count). The van der Waals surface area contributed by atoms with Crippen LogP contribution < -0.4 is 15.8 Å². The Bertz CT molecular complexity index is 420. The number of pyridine rings is 1. The van der Waals surface area contributed by atoms with Gasteiger partial charge >= 0.3 is 0 Å². The maximum atomic E-state index is 5.69. The van der Waals surface area contributed by atoms with Crippen molar-refractivity contribution >= 4 is 29.9 Å². The number of hydrogen-bond donors (Lipinski definition) is 2. The van der Waals surface area contributed by atoms with Crippen molar-refractivity contribution in [1.82, 2.24) is 10.3 Å². The average molecular weight is 362 g/mol. The largest absolute Gasteiger partial charge is 0.481 e. The highest BCUT2D eigenvalue weighted by Gasteiger charge is 1.96. The van der Waals surface area contributed by atoms with Gasteiger partial charge in [-0.15, -0.1) is 24.0 Å². The van der Waals surface area contributed by atoms with Crippen LogP contribution in [0, 0.1) is 0 Å². The first-order valence-corrected chi connectivity index (χ1v) is 5.29. The third-order valence-electron chi connectivity index (χ3n) is 2.01. The molecule has 0 bridgehead atoms. The lowest BCUT2D eigenvalue weighted by Gasteiger charge is -2.05. The van der Waals surface area contributed by atoms with Crippen molar-refractivity contribution in [2.45, 2.75) is 13.5 Å². The maximum Gasteiger partial charge on any atom is 0.213 e. The molecule has 100 valence electrons. The molecule has 0 saturated heterocycles. The quantitative estimate of drug-likeness (QED) is 0.362. The zero-order valence-electron chi connectivity index (χ0n) is 10.6. The van der Waals surface area contributed by atoms with Crippen LogP contribution in [0.5, 0.6) is 5.88 Å². The minimum absolute atomic E-state index is 0. The molecule has 18 heavy (non-hydrogen) atoms. The van der Waals surface area contributed by atoms with Crippen molar-refractivity contribution in [2.75, 3.05) is 13.7 Å². The number of nitrogens with one attached hydrogen (secondary N) is 1. The predicted molar refractivity (Wildman–Crippen MR) is 84.3 cm³/mol. The topological polar surface area (TPSA) is 72.5 Å². The number of guanidine groups is 1. The molecule has 0 aliphatic carbocycles. The van der Waals surface area contributed by atoms with E-state index in [0.717, 1.165) is 11.1 Å². The Morgan fingerprint density at radius 1 is 1.61 bits per heavy atom. The van der Waals surface area contributed by atoms with Gasteiger partial charge in [-0.1, -0.05) is 12.2 Å². The second kappa shape index (κ2) is 8.73. The molecule has 3 N–H and O–H groups in total. The number of ether oxygens (including phenoxy) is 1. The lowest BCUT2D eigenvalue weighted by atomic mass is 10.3. The van der Waals surface area contributed by atoms with Crippen LogP contribution in [0.15, 0.2) is 35.5 Å². The fourth-order valence-electron chi connectivity index (χ4n) is 1.13. The Balaban J connectivity index is 0.00000289. The van der Waals surface area contributed by atoms with Crippen LogP contribution in [0.3, 0.4) is 0 Å². The van der Waals surface area contributed by atoms with Crippen LogP contribution in [-0.4, -0.2) is 24.6 Å². The summed E-state index contributed by atoms with van der Waals surface area (Å²) in [5, 5.41) is 2.96. The van der Waals surface area contributed by atoms with Crippen molar-refractivity contribution in [3.8, 4) is 5.88 Å². The van der Waals surface area contributed by atoms with Crippen LogP contribution in [0.2, 0.25) is 0 Å². The molecular formula is C12H19IN4O. The molecule has 5 nitrogen and oxygen atoms in total. The van der Waals surface area contributed by atoms with E-state index in [0.29, 0.717) is 24.9 Å². The Morgan fingerprint density at radius 2 is 2.33 bits per heavy atom. The van der Waals surface area contributed by atoms with Gasteiger partial charge < -0.3 is 15.8 Å². The number of halogens is 1. The lowest BCUT2D eigenvalue weighted by molar-refractivity contribution is 0.397. The van der Waals surface area contributed by atoms with E-state index < -0.39 is 0 Å². The molecule has 0 radical (unpaired) electrons. The first-order chi connectivity index (χ1) is 8.11. The van der Waals surface area contributed by atoms with Gasteiger partial charge in [-0.2, -0.15) is 0 Å². The van der Waals surface area contributed by atoms with Gasteiger partial charge in [0.05, 0.1) is 13.7 Å². The molecule has 0 unspecified atom stereocenters. The lowest BCUT2D eigenvalue weighted by Crippen LogP contribution is -2.32. The molecule has 0 spiro atoms. The minimum atomic E-state index is 0. The van der Waals surface area contributed by atoms with Gasteiger partial charge in [0.25, 0.3) is 0 Å². The molecule has 0 aliphatic rings. The van der Waals surface area contributed by atoms with Gasteiger partial charge in [0.15, 0.2) is 5.96 Å². The van der Waals surface area contributed by atoms with Crippen LogP contribution >= 0.6 is 24.0 Å². The average Bonchev–Trinajstić information content (AvgIpc) is 2.34. The highest BCUT2D eigenvalue weighted by Crippen LogP contribution is 2.09. The van der Waals surface area contributed by atoms with E-state index in [1.165, 1.54) is 0 Å². The van der Waals surface area contributed by atoms with Crippen LogP contribution in [0.4, 0.5) is 0 Å². The standard InChI is InChI=1S/C12H18N4O.HI/c1-9(2)7-15-12(13)16-8-10-4-5-14-11(6-10)17-3;/h4-6H,1,7-8H2,2-3H3,(H3,13,15,16);1H. The van der Waals surface area contributed by atoms with Gasteiger partial charge in [0, 0.05) is 18.8 Å². The molecule has 0 saturated carbocycles. The van der Waals surface area contributed by atoms with E-state index in [4.69, 9.17) is 10.5 Å². The number of hydrogen-bond acceptors (Lipinski definition) is 3. The smallest absolute Gasteiger partial charge is 0.213 e. The third-order valence-corrected chi connectivity index (χ3v) is 2.01. The van der Waals surface area contributed by atoms with E-state index >= 15 is 0 Å². The normalized spacial score (nSPS) is 10.4. The predicted octanol–water partition coefficient (Wildman–Crippen LogP) is 1.69.